The van der Waals surface area contributed by atoms with Gasteiger partial charge in [0.2, 0.25) is 5.88 Å². The van der Waals surface area contributed by atoms with E-state index in [2.05, 4.69) is 54.0 Å². The molecule has 4 bridgehead atoms. The smallest absolute Gasteiger partial charge is 0.335 e. The van der Waals surface area contributed by atoms with E-state index in [0.717, 1.165) is 26.8 Å². The second-order valence-corrected chi connectivity index (χ2v) is 12.1. The van der Waals surface area contributed by atoms with Crippen molar-refractivity contribution in [2.24, 2.45) is 22.7 Å². The number of hydrogen-bond donors (Lipinski definition) is 2. The average molecular weight is 599 g/mol. The number of aliphatic imine (C=N–C) groups is 1. The zero-order chi connectivity index (χ0) is 24.3. The summed E-state index contributed by atoms with van der Waals surface area (Å²) < 4.78 is 2.59. The van der Waals surface area contributed by atoms with Gasteiger partial charge >= 0.3 is 5.69 Å². The maximum Gasteiger partial charge on any atom is 0.335 e. The second-order valence-electron chi connectivity index (χ2n) is 10.4. The number of benzene rings is 2. The summed E-state index contributed by atoms with van der Waals surface area (Å²) in [5.41, 5.74) is 1.12. The number of aromatic nitrogens is 2. The second kappa shape index (κ2) is 8.59. The molecule has 3 aromatic rings. The lowest BCUT2D eigenvalue weighted by Crippen LogP contribution is -2.48. The Hall–Kier alpha value is -2.45. The van der Waals surface area contributed by atoms with Gasteiger partial charge in [-0.2, -0.15) is 0 Å². The van der Waals surface area contributed by atoms with Crippen LogP contribution in [0.2, 0.25) is 0 Å². The molecule has 0 spiro atoms. The van der Waals surface area contributed by atoms with Crippen LogP contribution in [0.3, 0.4) is 0 Å². The lowest BCUT2D eigenvalue weighted by Gasteiger charge is -2.57. The van der Waals surface area contributed by atoms with Crippen molar-refractivity contribution in [1.29, 1.82) is 0 Å². The van der Waals surface area contributed by atoms with Crippen LogP contribution in [0.15, 0.2) is 66.0 Å². The van der Waals surface area contributed by atoms with Gasteiger partial charge in [-0.15, -0.1) is 0 Å². The van der Waals surface area contributed by atoms with E-state index in [0.29, 0.717) is 15.8 Å². The van der Waals surface area contributed by atoms with Crippen molar-refractivity contribution in [3.63, 3.8) is 0 Å². The molecule has 4 fully saturated rings. The van der Waals surface area contributed by atoms with Crippen molar-refractivity contribution in [3.05, 3.63) is 83.4 Å². The van der Waals surface area contributed by atoms with E-state index in [1.165, 1.54) is 50.3 Å². The number of H-pyrrole nitrogens is 1. The third-order valence-corrected chi connectivity index (χ3v) is 9.45. The first-order valence-electron chi connectivity index (χ1n) is 12.0. The van der Waals surface area contributed by atoms with Gasteiger partial charge in [0, 0.05) is 15.2 Å². The average Bonchev–Trinajstić information content (AvgIpc) is 2.80. The number of aromatic amines is 1. The SMILES string of the molecule is O=c1[nH]c(=O)n(-c2ccc(C34CC5CC(CC(C5)C3)C4)cc2Br)c(O)c1C=Nc1ccccc1Br. The molecule has 0 saturated heterocycles. The Morgan fingerprint density at radius 2 is 1.63 bits per heavy atom. The molecule has 4 saturated carbocycles. The number of aromatic hydroxyl groups is 1. The van der Waals surface area contributed by atoms with Gasteiger partial charge in [-0.3, -0.25) is 14.8 Å². The number of halogens is 2. The maximum absolute atomic E-state index is 12.8. The largest absolute Gasteiger partial charge is 0.493 e. The molecule has 6 nitrogen and oxygen atoms in total. The zero-order valence-electron chi connectivity index (χ0n) is 19.0. The first kappa shape index (κ1) is 23.0. The molecular weight excluding hydrogens is 574 g/mol. The molecule has 0 unspecified atom stereocenters. The molecule has 1 aromatic heterocycles. The van der Waals surface area contributed by atoms with Crippen LogP contribution in [-0.2, 0) is 5.41 Å². The van der Waals surface area contributed by atoms with E-state index in [9.17, 15) is 14.7 Å². The van der Waals surface area contributed by atoms with Gasteiger partial charge in [-0.25, -0.2) is 9.36 Å². The summed E-state index contributed by atoms with van der Waals surface area (Å²) in [6.07, 6.45) is 9.13. The van der Waals surface area contributed by atoms with Crippen molar-refractivity contribution in [2.75, 3.05) is 0 Å². The van der Waals surface area contributed by atoms with Crippen LogP contribution < -0.4 is 11.2 Å². The summed E-state index contributed by atoms with van der Waals surface area (Å²) in [5.74, 6) is 2.05. The molecule has 4 aliphatic carbocycles. The van der Waals surface area contributed by atoms with Gasteiger partial charge in [0.05, 0.1) is 11.4 Å². The standard InChI is InChI=1S/C27H25Br2N3O3/c28-20-3-1-2-4-22(20)30-14-19-24(33)31-26(35)32(25(19)34)23-6-5-18(10-21(23)29)27-11-15-7-16(12-27)9-17(8-15)13-27/h1-6,10,14-17,34H,7-9,11-13H2,(H,31,33,35). The fourth-order valence-electron chi connectivity index (χ4n) is 7.05. The predicted molar refractivity (Wildman–Crippen MR) is 143 cm³/mol. The minimum absolute atomic E-state index is 0.0857. The van der Waals surface area contributed by atoms with Crippen molar-refractivity contribution in [1.82, 2.24) is 9.55 Å². The topological polar surface area (TPSA) is 87.5 Å². The van der Waals surface area contributed by atoms with Gasteiger partial charge in [0.25, 0.3) is 5.56 Å². The Morgan fingerprint density at radius 1 is 0.971 bits per heavy atom. The minimum atomic E-state index is -0.700. The quantitative estimate of drug-likeness (QED) is 0.362. The predicted octanol–water partition coefficient (Wildman–Crippen LogP) is 5.97. The van der Waals surface area contributed by atoms with E-state index in [-0.39, 0.29) is 11.0 Å². The van der Waals surface area contributed by atoms with E-state index in [4.69, 9.17) is 0 Å². The maximum atomic E-state index is 12.8. The highest BCUT2D eigenvalue weighted by molar-refractivity contribution is 9.11. The van der Waals surface area contributed by atoms with Gasteiger partial charge in [-0.1, -0.05) is 18.2 Å². The summed E-state index contributed by atoms with van der Waals surface area (Å²) in [5, 5.41) is 11.0. The fourth-order valence-corrected chi connectivity index (χ4v) is 7.99. The third kappa shape index (κ3) is 3.95. The number of nitrogens with zero attached hydrogens (tertiary/aromatic N) is 2. The monoisotopic (exact) mass is 597 g/mol. The fraction of sp³-hybridized carbons (Fsp3) is 0.370. The molecule has 0 radical (unpaired) electrons. The Labute approximate surface area is 219 Å². The molecule has 4 aliphatic rings. The summed E-state index contributed by atoms with van der Waals surface area (Å²) in [6.45, 7) is 0. The van der Waals surface area contributed by atoms with Gasteiger partial charge in [0.1, 0.15) is 5.56 Å². The number of nitrogens with one attached hydrogen (secondary N) is 1. The Balaban J connectivity index is 1.39. The van der Waals surface area contributed by atoms with E-state index in [1.54, 1.807) is 6.07 Å². The number of para-hydroxylation sites is 1. The minimum Gasteiger partial charge on any atom is -0.493 e. The summed E-state index contributed by atoms with van der Waals surface area (Å²) in [6, 6.07) is 13.4. The van der Waals surface area contributed by atoms with Gasteiger partial charge in [-0.05, 0) is 123 Å². The van der Waals surface area contributed by atoms with Gasteiger partial charge < -0.3 is 5.11 Å². The van der Waals surface area contributed by atoms with Crippen LogP contribution in [0.1, 0.15) is 49.7 Å². The van der Waals surface area contributed by atoms with Crippen LogP contribution in [0.25, 0.3) is 5.69 Å². The zero-order valence-corrected chi connectivity index (χ0v) is 22.2. The molecule has 1 heterocycles. The molecular formula is C27H25Br2N3O3. The Bertz CT molecular complexity index is 1440. The van der Waals surface area contributed by atoms with Crippen LogP contribution in [0.4, 0.5) is 5.69 Å². The van der Waals surface area contributed by atoms with Crippen LogP contribution >= 0.6 is 31.9 Å². The number of hydrogen-bond acceptors (Lipinski definition) is 4. The highest BCUT2D eigenvalue weighted by Crippen LogP contribution is 2.61. The van der Waals surface area contributed by atoms with Crippen molar-refractivity contribution in [2.45, 2.75) is 43.9 Å². The molecule has 2 aromatic carbocycles. The first-order valence-corrected chi connectivity index (χ1v) is 13.6. The van der Waals surface area contributed by atoms with Crippen molar-refractivity contribution < 1.29 is 5.11 Å². The molecule has 180 valence electrons. The molecule has 0 aliphatic heterocycles. The first-order chi connectivity index (χ1) is 16.8. The Morgan fingerprint density at radius 3 is 2.26 bits per heavy atom. The highest BCUT2D eigenvalue weighted by atomic mass is 79.9. The van der Waals surface area contributed by atoms with Crippen molar-refractivity contribution >= 4 is 43.8 Å². The van der Waals surface area contributed by atoms with E-state index < -0.39 is 17.1 Å². The molecule has 0 atom stereocenters. The number of rotatable bonds is 4. The van der Waals surface area contributed by atoms with E-state index in [1.807, 2.05) is 24.3 Å². The molecule has 0 amide bonds. The molecule has 35 heavy (non-hydrogen) atoms. The lowest BCUT2D eigenvalue weighted by molar-refractivity contribution is -0.00521. The molecule has 2 N–H and O–H groups in total. The van der Waals surface area contributed by atoms with Crippen LogP contribution in [-0.4, -0.2) is 20.9 Å². The molecule has 7 rings (SSSR count). The summed E-state index contributed by atoms with van der Waals surface area (Å²) >= 11 is 7.08. The molecule has 8 heteroatoms. The normalized spacial score (nSPS) is 27.1. The summed E-state index contributed by atoms with van der Waals surface area (Å²) in [7, 11) is 0. The van der Waals surface area contributed by atoms with E-state index >= 15 is 0 Å². The highest BCUT2D eigenvalue weighted by Gasteiger charge is 2.51. The van der Waals surface area contributed by atoms with Crippen LogP contribution in [0, 0.1) is 17.8 Å². The Kier molecular flexibility index (Phi) is 5.64. The van der Waals surface area contributed by atoms with Crippen molar-refractivity contribution in [3.8, 4) is 11.6 Å². The van der Waals surface area contributed by atoms with Gasteiger partial charge in [0.15, 0.2) is 0 Å². The lowest BCUT2D eigenvalue weighted by atomic mass is 9.48. The third-order valence-electron chi connectivity index (χ3n) is 8.15. The summed E-state index contributed by atoms with van der Waals surface area (Å²) in [4.78, 5) is 31.9. The van der Waals surface area contributed by atoms with Crippen LogP contribution in [0.5, 0.6) is 5.88 Å².